The van der Waals surface area contributed by atoms with Crippen molar-refractivity contribution in [2.45, 2.75) is 18.3 Å². The summed E-state index contributed by atoms with van der Waals surface area (Å²) < 4.78 is 5.58. The number of primary amides is 1. The fraction of sp³-hybridized carbons (Fsp3) is 0.158. The predicted molar refractivity (Wildman–Crippen MR) is 90.8 cm³/mol. The molecule has 1 aromatic heterocycles. The minimum atomic E-state index is -0.791. The van der Waals surface area contributed by atoms with Gasteiger partial charge in [-0.15, -0.1) is 0 Å². The smallest absolute Gasteiger partial charge is 0.228 e. The highest BCUT2D eigenvalue weighted by Crippen LogP contribution is 2.54. The zero-order valence-corrected chi connectivity index (χ0v) is 13.3. The van der Waals surface area contributed by atoms with Gasteiger partial charge in [-0.05, 0) is 61.4 Å². The van der Waals surface area contributed by atoms with Crippen molar-refractivity contribution >= 4 is 5.91 Å². The highest BCUT2D eigenvalue weighted by Gasteiger charge is 2.54. The van der Waals surface area contributed by atoms with E-state index in [1.807, 2.05) is 0 Å². The number of aromatic hydroxyl groups is 2. The summed E-state index contributed by atoms with van der Waals surface area (Å²) in [6, 6.07) is 13.0. The van der Waals surface area contributed by atoms with Crippen LogP contribution in [0.4, 0.5) is 0 Å². The number of phenols is 2. The lowest BCUT2D eigenvalue weighted by atomic mass is 9.88. The van der Waals surface area contributed by atoms with E-state index in [-0.39, 0.29) is 11.5 Å². The van der Waals surface area contributed by atoms with Gasteiger partial charge in [0.25, 0.3) is 0 Å². The third-order valence-electron chi connectivity index (χ3n) is 4.66. The van der Waals surface area contributed by atoms with Crippen molar-refractivity contribution < 1.29 is 19.5 Å². The van der Waals surface area contributed by atoms with E-state index >= 15 is 0 Å². The summed E-state index contributed by atoms with van der Waals surface area (Å²) in [7, 11) is 0. The highest BCUT2D eigenvalue weighted by atomic mass is 16.5. The Morgan fingerprint density at radius 2 is 1.48 bits per heavy atom. The summed E-state index contributed by atoms with van der Waals surface area (Å²) in [6.07, 6.45) is 1.28. The first-order chi connectivity index (χ1) is 12.0. The number of carbonyl (C=O) groups excluding carboxylic acids is 1. The fourth-order valence-corrected chi connectivity index (χ4v) is 3.10. The van der Waals surface area contributed by atoms with Gasteiger partial charge in [0.2, 0.25) is 5.91 Å². The van der Waals surface area contributed by atoms with Gasteiger partial charge in [-0.1, -0.05) is 5.16 Å². The summed E-state index contributed by atoms with van der Waals surface area (Å²) in [5.74, 6) is 0.346. The maximum atomic E-state index is 12.1. The van der Waals surface area contributed by atoms with Crippen molar-refractivity contribution in [1.82, 2.24) is 5.16 Å². The number of hydrogen-bond acceptors (Lipinski definition) is 5. The van der Waals surface area contributed by atoms with Crippen LogP contribution in [0.2, 0.25) is 0 Å². The second-order valence-electron chi connectivity index (χ2n) is 6.28. The summed E-state index contributed by atoms with van der Waals surface area (Å²) in [5, 5.41) is 23.2. The van der Waals surface area contributed by atoms with Crippen LogP contribution in [0.15, 0.2) is 53.1 Å². The van der Waals surface area contributed by atoms with Crippen LogP contribution in [0.3, 0.4) is 0 Å². The van der Waals surface area contributed by atoms with Crippen LogP contribution in [0.1, 0.15) is 18.4 Å². The molecule has 4 N–H and O–H groups in total. The molecule has 1 saturated carbocycles. The molecule has 1 aliphatic carbocycles. The van der Waals surface area contributed by atoms with E-state index < -0.39 is 11.3 Å². The molecule has 1 heterocycles. The number of amides is 1. The van der Waals surface area contributed by atoms with Gasteiger partial charge in [0.1, 0.15) is 17.2 Å². The first kappa shape index (κ1) is 15.3. The lowest BCUT2D eigenvalue weighted by Gasteiger charge is -2.13. The van der Waals surface area contributed by atoms with Crippen LogP contribution >= 0.6 is 0 Å². The Labute approximate surface area is 143 Å². The van der Waals surface area contributed by atoms with Crippen LogP contribution in [0, 0.1) is 0 Å². The van der Waals surface area contributed by atoms with E-state index in [9.17, 15) is 15.0 Å². The van der Waals surface area contributed by atoms with Crippen molar-refractivity contribution in [2.75, 3.05) is 0 Å². The van der Waals surface area contributed by atoms with Gasteiger partial charge in [-0.2, -0.15) is 0 Å². The second kappa shape index (κ2) is 5.37. The third kappa shape index (κ3) is 2.42. The second-order valence-corrected chi connectivity index (χ2v) is 6.28. The molecular weight excluding hydrogens is 320 g/mol. The number of aromatic nitrogens is 1. The van der Waals surface area contributed by atoms with E-state index in [1.54, 1.807) is 48.5 Å². The number of carbonyl (C=O) groups is 1. The molecule has 0 bridgehead atoms. The van der Waals surface area contributed by atoms with Gasteiger partial charge in [0.15, 0.2) is 5.76 Å². The average molecular weight is 336 g/mol. The Hall–Kier alpha value is -3.28. The number of benzene rings is 2. The summed E-state index contributed by atoms with van der Waals surface area (Å²) in [6.45, 7) is 0. The van der Waals surface area contributed by atoms with E-state index in [1.165, 1.54) is 0 Å². The van der Waals surface area contributed by atoms with Gasteiger partial charge in [-0.3, -0.25) is 4.79 Å². The van der Waals surface area contributed by atoms with Gasteiger partial charge in [0, 0.05) is 16.7 Å². The van der Waals surface area contributed by atoms with Crippen LogP contribution < -0.4 is 5.73 Å². The molecule has 0 radical (unpaired) electrons. The first-order valence-electron chi connectivity index (χ1n) is 7.90. The molecular formula is C19H16N2O4. The number of rotatable bonds is 4. The van der Waals surface area contributed by atoms with Crippen LogP contribution in [0.25, 0.3) is 22.6 Å². The van der Waals surface area contributed by atoms with Crippen LogP contribution in [-0.4, -0.2) is 21.3 Å². The summed E-state index contributed by atoms with van der Waals surface area (Å²) >= 11 is 0. The molecule has 0 saturated heterocycles. The van der Waals surface area contributed by atoms with Crippen molar-refractivity contribution in [3.8, 4) is 34.1 Å². The number of hydrogen-bond donors (Lipinski definition) is 3. The standard InChI is InChI=1S/C19H16N2O4/c20-18(24)19(9-10-19)15-16(11-1-5-13(22)6-2-11)21-25-17(15)12-3-7-14(23)8-4-12/h1-8,22-23H,9-10H2,(H2,20,24). The molecule has 3 aromatic rings. The molecule has 0 aliphatic heterocycles. The Bertz CT molecular complexity index is 876. The molecule has 0 unspecified atom stereocenters. The predicted octanol–water partition coefficient (Wildman–Crippen LogP) is 2.94. The highest BCUT2D eigenvalue weighted by molar-refractivity contribution is 5.94. The quantitative estimate of drug-likeness (QED) is 0.678. The van der Waals surface area contributed by atoms with Crippen molar-refractivity contribution in [1.29, 1.82) is 0 Å². The largest absolute Gasteiger partial charge is 0.508 e. The maximum absolute atomic E-state index is 12.1. The van der Waals surface area contributed by atoms with Crippen molar-refractivity contribution in [3.63, 3.8) is 0 Å². The topological polar surface area (TPSA) is 110 Å². The number of nitrogens with two attached hydrogens (primary N) is 1. The van der Waals surface area contributed by atoms with E-state index in [2.05, 4.69) is 5.16 Å². The Morgan fingerprint density at radius 1 is 0.960 bits per heavy atom. The molecule has 0 atom stereocenters. The molecule has 0 spiro atoms. The first-order valence-corrected chi connectivity index (χ1v) is 7.90. The SMILES string of the molecule is NC(=O)C1(c2c(-c3ccc(O)cc3)noc2-c2ccc(O)cc2)CC1. The van der Waals surface area contributed by atoms with Gasteiger partial charge in [-0.25, -0.2) is 0 Å². The average Bonchev–Trinajstić information content (AvgIpc) is 3.30. The van der Waals surface area contributed by atoms with Gasteiger partial charge >= 0.3 is 0 Å². The Morgan fingerprint density at radius 3 is 1.96 bits per heavy atom. The minimum absolute atomic E-state index is 0.139. The van der Waals surface area contributed by atoms with Gasteiger partial charge in [0.05, 0.1) is 5.41 Å². The van der Waals surface area contributed by atoms with Crippen LogP contribution in [0.5, 0.6) is 11.5 Å². The molecule has 25 heavy (non-hydrogen) atoms. The van der Waals surface area contributed by atoms with E-state index in [0.29, 0.717) is 35.4 Å². The zero-order valence-electron chi connectivity index (χ0n) is 13.3. The Balaban J connectivity index is 1.93. The molecule has 1 aliphatic rings. The lowest BCUT2D eigenvalue weighted by Crippen LogP contribution is -2.29. The molecule has 6 heteroatoms. The minimum Gasteiger partial charge on any atom is -0.508 e. The van der Waals surface area contributed by atoms with Crippen molar-refractivity contribution in [2.24, 2.45) is 5.73 Å². The monoisotopic (exact) mass is 336 g/mol. The third-order valence-corrected chi connectivity index (χ3v) is 4.66. The molecule has 2 aromatic carbocycles. The number of nitrogens with zero attached hydrogens (tertiary/aromatic N) is 1. The summed E-state index contributed by atoms with van der Waals surface area (Å²) in [4.78, 5) is 12.1. The van der Waals surface area contributed by atoms with Gasteiger partial charge < -0.3 is 20.5 Å². The van der Waals surface area contributed by atoms with E-state index in [4.69, 9.17) is 10.3 Å². The molecule has 6 nitrogen and oxygen atoms in total. The normalized spacial score (nSPS) is 15.0. The molecule has 1 amide bonds. The zero-order chi connectivity index (χ0) is 17.6. The van der Waals surface area contributed by atoms with Crippen LogP contribution in [-0.2, 0) is 10.2 Å². The fourth-order valence-electron chi connectivity index (χ4n) is 3.10. The number of phenolic OH excluding ortho intramolecular Hbond substituents is 2. The molecule has 1 fully saturated rings. The maximum Gasteiger partial charge on any atom is 0.228 e. The molecule has 126 valence electrons. The summed E-state index contributed by atoms with van der Waals surface area (Å²) in [5.41, 5.74) is 7.53. The van der Waals surface area contributed by atoms with E-state index in [0.717, 1.165) is 5.56 Å². The molecule has 4 rings (SSSR count). The van der Waals surface area contributed by atoms with Crippen molar-refractivity contribution in [3.05, 3.63) is 54.1 Å². The lowest BCUT2D eigenvalue weighted by molar-refractivity contribution is -0.120. The Kier molecular flexibility index (Phi) is 3.28.